The van der Waals surface area contributed by atoms with Crippen molar-refractivity contribution in [1.29, 1.82) is 0 Å². The van der Waals surface area contributed by atoms with Crippen LogP contribution in [0.5, 0.6) is 0 Å². The molecule has 1 unspecified atom stereocenters. The van der Waals surface area contributed by atoms with Crippen LogP contribution in [0.4, 0.5) is 0 Å². The van der Waals surface area contributed by atoms with E-state index in [4.69, 9.17) is 0 Å². The summed E-state index contributed by atoms with van der Waals surface area (Å²) in [7, 11) is 0. The Morgan fingerprint density at radius 1 is 1.38 bits per heavy atom. The first-order valence-corrected chi connectivity index (χ1v) is 5.28. The Kier molecular flexibility index (Phi) is 4.22. The van der Waals surface area contributed by atoms with Crippen LogP contribution in [0.1, 0.15) is 33.1 Å². The maximum atomic E-state index is 10.8. The van der Waals surface area contributed by atoms with Gasteiger partial charge in [-0.15, -0.1) is 0 Å². The summed E-state index contributed by atoms with van der Waals surface area (Å²) in [5.41, 5.74) is 0. The topological polar surface area (TPSA) is 23.6 Å². The summed E-state index contributed by atoms with van der Waals surface area (Å²) in [5, 5.41) is 0. The Bertz CT molecular complexity index is 157. The van der Waals surface area contributed by atoms with E-state index in [0.29, 0.717) is 6.17 Å². The second kappa shape index (κ2) is 5.22. The molecule has 1 aliphatic rings. The van der Waals surface area contributed by atoms with Gasteiger partial charge in [0.05, 0.1) is 6.17 Å². The molecule has 1 amide bonds. The lowest BCUT2D eigenvalue weighted by atomic mass is 10.1. The molecular formula is C10H20N2O. The first-order valence-electron chi connectivity index (χ1n) is 5.28. The predicted molar refractivity (Wildman–Crippen MR) is 53.3 cm³/mol. The van der Waals surface area contributed by atoms with Crippen LogP contribution in [-0.4, -0.2) is 42.0 Å². The Morgan fingerprint density at radius 3 is 2.62 bits per heavy atom. The minimum Gasteiger partial charge on any atom is -0.330 e. The number of hydrogen-bond donors (Lipinski definition) is 0. The summed E-state index contributed by atoms with van der Waals surface area (Å²) in [6, 6.07) is 0. The van der Waals surface area contributed by atoms with E-state index in [-0.39, 0.29) is 0 Å². The van der Waals surface area contributed by atoms with Crippen LogP contribution in [0.25, 0.3) is 0 Å². The highest BCUT2D eigenvalue weighted by Crippen LogP contribution is 2.18. The maximum absolute atomic E-state index is 10.8. The quantitative estimate of drug-likeness (QED) is 0.615. The zero-order chi connectivity index (χ0) is 9.68. The van der Waals surface area contributed by atoms with Gasteiger partial charge >= 0.3 is 0 Å². The van der Waals surface area contributed by atoms with E-state index >= 15 is 0 Å². The Morgan fingerprint density at radius 2 is 2.08 bits per heavy atom. The number of carbonyl (C=O) groups is 1. The van der Waals surface area contributed by atoms with Crippen LogP contribution in [0.15, 0.2) is 0 Å². The number of amides is 1. The van der Waals surface area contributed by atoms with Gasteiger partial charge in [-0.2, -0.15) is 0 Å². The van der Waals surface area contributed by atoms with Gasteiger partial charge in [0.2, 0.25) is 6.41 Å². The first kappa shape index (κ1) is 10.5. The zero-order valence-electron chi connectivity index (χ0n) is 8.70. The molecule has 76 valence electrons. The summed E-state index contributed by atoms with van der Waals surface area (Å²) in [6.07, 6.45) is 4.92. The van der Waals surface area contributed by atoms with Gasteiger partial charge in [0, 0.05) is 6.54 Å². The molecule has 0 saturated carbocycles. The molecule has 0 aromatic carbocycles. The molecular weight excluding hydrogens is 164 g/mol. The smallest absolute Gasteiger partial charge is 0.210 e. The molecule has 0 radical (unpaired) electrons. The van der Waals surface area contributed by atoms with Gasteiger partial charge in [0.15, 0.2) is 0 Å². The lowest BCUT2D eigenvalue weighted by Gasteiger charge is -2.39. The second-order valence-electron chi connectivity index (χ2n) is 3.54. The van der Waals surface area contributed by atoms with Crippen LogP contribution < -0.4 is 0 Å². The molecule has 0 bridgehead atoms. The fourth-order valence-electron chi connectivity index (χ4n) is 2.10. The van der Waals surface area contributed by atoms with Gasteiger partial charge in [-0.25, -0.2) is 0 Å². The number of rotatable bonds is 4. The van der Waals surface area contributed by atoms with Gasteiger partial charge in [0.1, 0.15) is 0 Å². The SMILES string of the molecule is CCN(CC)C1CCCCN1C=O. The number of nitrogens with zero attached hydrogens (tertiary/aromatic N) is 2. The van der Waals surface area contributed by atoms with E-state index < -0.39 is 0 Å². The largest absolute Gasteiger partial charge is 0.330 e. The standard InChI is InChI=1S/C10H20N2O/c1-3-11(4-2)10-7-5-6-8-12(10)9-13/h9-10H,3-8H2,1-2H3. The summed E-state index contributed by atoms with van der Waals surface area (Å²) in [4.78, 5) is 15.1. The summed E-state index contributed by atoms with van der Waals surface area (Å²) in [5.74, 6) is 0. The Labute approximate surface area is 80.7 Å². The van der Waals surface area contributed by atoms with Gasteiger partial charge in [-0.1, -0.05) is 13.8 Å². The molecule has 0 N–H and O–H groups in total. The van der Waals surface area contributed by atoms with E-state index in [1.54, 1.807) is 0 Å². The second-order valence-corrected chi connectivity index (χ2v) is 3.54. The van der Waals surface area contributed by atoms with Crippen molar-refractivity contribution in [3.05, 3.63) is 0 Å². The first-order chi connectivity index (χ1) is 6.33. The van der Waals surface area contributed by atoms with Crippen LogP contribution in [0.2, 0.25) is 0 Å². The Balaban J connectivity index is 2.56. The molecule has 0 aliphatic carbocycles. The summed E-state index contributed by atoms with van der Waals surface area (Å²) in [6.45, 7) is 7.31. The number of carbonyl (C=O) groups excluding carboxylic acids is 1. The zero-order valence-corrected chi connectivity index (χ0v) is 8.70. The highest BCUT2D eigenvalue weighted by molar-refractivity contribution is 5.47. The average Bonchev–Trinajstić information content (AvgIpc) is 2.20. The normalized spacial score (nSPS) is 23.6. The monoisotopic (exact) mass is 184 g/mol. The van der Waals surface area contributed by atoms with E-state index in [2.05, 4.69) is 18.7 Å². The van der Waals surface area contributed by atoms with E-state index in [1.165, 1.54) is 6.42 Å². The molecule has 3 nitrogen and oxygen atoms in total. The molecule has 1 heterocycles. The molecule has 1 aliphatic heterocycles. The third kappa shape index (κ3) is 2.44. The fourth-order valence-corrected chi connectivity index (χ4v) is 2.10. The molecule has 0 spiro atoms. The van der Waals surface area contributed by atoms with Crippen molar-refractivity contribution < 1.29 is 4.79 Å². The van der Waals surface area contributed by atoms with E-state index in [0.717, 1.165) is 38.9 Å². The van der Waals surface area contributed by atoms with Crippen LogP contribution in [0, 0.1) is 0 Å². The number of hydrogen-bond acceptors (Lipinski definition) is 2. The van der Waals surface area contributed by atoms with Crippen LogP contribution in [-0.2, 0) is 4.79 Å². The number of piperidine rings is 1. The molecule has 1 saturated heterocycles. The molecule has 1 atom stereocenters. The number of likely N-dealkylation sites (tertiary alicyclic amines) is 1. The van der Waals surface area contributed by atoms with Crippen molar-refractivity contribution in [2.75, 3.05) is 19.6 Å². The summed E-state index contributed by atoms with van der Waals surface area (Å²) < 4.78 is 0. The van der Waals surface area contributed by atoms with Crippen molar-refractivity contribution in [1.82, 2.24) is 9.80 Å². The van der Waals surface area contributed by atoms with Crippen molar-refractivity contribution >= 4 is 6.41 Å². The van der Waals surface area contributed by atoms with E-state index in [9.17, 15) is 4.79 Å². The maximum Gasteiger partial charge on any atom is 0.210 e. The third-order valence-electron chi connectivity index (χ3n) is 2.88. The van der Waals surface area contributed by atoms with E-state index in [1.807, 2.05) is 4.90 Å². The fraction of sp³-hybridized carbons (Fsp3) is 0.900. The third-order valence-corrected chi connectivity index (χ3v) is 2.88. The van der Waals surface area contributed by atoms with Crippen LogP contribution >= 0.6 is 0 Å². The minimum atomic E-state index is 0.362. The average molecular weight is 184 g/mol. The summed E-state index contributed by atoms with van der Waals surface area (Å²) >= 11 is 0. The van der Waals surface area contributed by atoms with Gasteiger partial charge in [0.25, 0.3) is 0 Å². The molecule has 1 rings (SSSR count). The molecule has 0 aromatic heterocycles. The van der Waals surface area contributed by atoms with Crippen molar-refractivity contribution in [2.45, 2.75) is 39.3 Å². The van der Waals surface area contributed by atoms with Crippen molar-refractivity contribution in [3.63, 3.8) is 0 Å². The van der Waals surface area contributed by atoms with Gasteiger partial charge < -0.3 is 4.90 Å². The highest BCUT2D eigenvalue weighted by Gasteiger charge is 2.24. The highest BCUT2D eigenvalue weighted by atomic mass is 16.1. The lowest BCUT2D eigenvalue weighted by molar-refractivity contribution is -0.126. The molecule has 3 heteroatoms. The minimum absolute atomic E-state index is 0.362. The Hall–Kier alpha value is -0.570. The predicted octanol–water partition coefficient (Wildman–Crippen LogP) is 1.30. The van der Waals surface area contributed by atoms with Gasteiger partial charge in [-0.3, -0.25) is 9.69 Å². The van der Waals surface area contributed by atoms with Gasteiger partial charge in [-0.05, 0) is 32.4 Å². The van der Waals surface area contributed by atoms with Crippen molar-refractivity contribution in [3.8, 4) is 0 Å². The van der Waals surface area contributed by atoms with Crippen LogP contribution in [0.3, 0.4) is 0 Å². The lowest BCUT2D eigenvalue weighted by Crippen LogP contribution is -2.50. The molecule has 0 aromatic rings. The van der Waals surface area contributed by atoms with Crippen molar-refractivity contribution in [2.24, 2.45) is 0 Å². The molecule has 13 heavy (non-hydrogen) atoms. The molecule has 1 fully saturated rings.